The second kappa shape index (κ2) is 8.43. The molecule has 1 aliphatic heterocycles. The standard InChI is InChI=1S/C20H21Br2NO/c1-15(8-9-23-10-12-24-13-11-23)16-2-4-17(5-3-16)19-7-6-18(21)14-20(19)22/h2-8,14H,9-13H2,1H3. The summed E-state index contributed by atoms with van der Waals surface area (Å²) in [4.78, 5) is 2.43. The summed E-state index contributed by atoms with van der Waals surface area (Å²) in [6.07, 6.45) is 2.32. The van der Waals surface area contributed by atoms with Crippen LogP contribution in [0.5, 0.6) is 0 Å². The molecule has 0 aliphatic carbocycles. The number of halogens is 2. The predicted octanol–water partition coefficient (Wildman–Crippen LogP) is 5.61. The van der Waals surface area contributed by atoms with E-state index in [2.05, 4.69) is 92.2 Å². The molecular weight excluding hydrogens is 430 g/mol. The molecule has 0 radical (unpaired) electrons. The first-order valence-corrected chi connectivity index (χ1v) is 9.75. The van der Waals surface area contributed by atoms with Crippen LogP contribution in [0.4, 0.5) is 0 Å². The second-order valence-corrected chi connectivity index (χ2v) is 7.77. The summed E-state index contributed by atoms with van der Waals surface area (Å²) in [5, 5.41) is 0. The van der Waals surface area contributed by atoms with Crippen LogP contribution in [0.15, 0.2) is 57.5 Å². The van der Waals surface area contributed by atoms with Gasteiger partial charge in [0.2, 0.25) is 0 Å². The minimum Gasteiger partial charge on any atom is -0.379 e. The highest BCUT2D eigenvalue weighted by atomic mass is 79.9. The lowest BCUT2D eigenvalue weighted by atomic mass is 10.0. The highest BCUT2D eigenvalue weighted by Crippen LogP contribution is 2.31. The SMILES string of the molecule is CC(=CCN1CCOCC1)c1ccc(-c2ccc(Br)cc2Br)cc1. The van der Waals surface area contributed by atoms with Crippen LogP contribution in [0.3, 0.4) is 0 Å². The fourth-order valence-corrected chi connectivity index (χ4v) is 4.08. The Balaban J connectivity index is 1.71. The van der Waals surface area contributed by atoms with Gasteiger partial charge in [0, 0.05) is 28.6 Å². The van der Waals surface area contributed by atoms with Gasteiger partial charge < -0.3 is 4.74 Å². The van der Waals surface area contributed by atoms with E-state index >= 15 is 0 Å². The monoisotopic (exact) mass is 449 g/mol. The van der Waals surface area contributed by atoms with Crippen LogP contribution >= 0.6 is 31.9 Å². The molecule has 0 atom stereocenters. The molecule has 4 heteroatoms. The summed E-state index contributed by atoms with van der Waals surface area (Å²) in [6.45, 7) is 6.94. The Morgan fingerprint density at radius 2 is 1.79 bits per heavy atom. The lowest BCUT2D eigenvalue weighted by Crippen LogP contribution is -2.36. The van der Waals surface area contributed by atoms with E-state index in [1.165, 1.54) is 22.3 Å². The van der Waals surface area contributed by atoms with E-state index in [4.69, 9.17) is 4.74 Å². The van der Waals surface area contributed by atoms with Gasteiger partial charge in [0.25, 0.3) is 0 Å². The number of rotatable bonds is 4. The zero-order valence-corrected chi connectivity index (χ0v) is 16.9. The average Bonchev–Trinajstić information content (AvgIpc) is 2.61. The number of ether oxygens (including phenoxy) is 1. The van der Waals surface area contributed by atoms with Gasteiger partial charge in [-0.15, -0.1) is 0 Å². The minimum atomic E-state index is 0.851. The van der Waals surface area contributed by atoms with Gasteiger partial charge in [0.1, 0.15) is 0 Å². The van der Waals surface area contributed by atoms with Crippen molar-refractivity contribution in [2.45, 2.75) is 6.92 Å². The van der Waals surface area contributed by atoms with E-state index in [-0.39, 0.29) is 0 Å². The molecular formula is C20H21Br2NO. The molecule has 1 heterocycles. The molecule has 126 valence electrons. The smallest absolute Gasteiger partial charge is 0.0594 e. The van der Waals surface area contributed by atoms with Gasteiger partial charge in [-0.2, -0.15) is 0 Å². The first-order valence-electron chi connectivity index (χ1n) is 8.16. The molecule has 0 amide bonds. The van der Waals surface area contributed by atoms with Crippen LogP contribution in [0.2, 0.25) is 0 Å². The molecule has 1 aliphatic rings. The van der Waals surface area contributed by atoms with Gasteiger partial charge in [0.15, 0.2) is 0 Å². The maximum absolute atomic E-state index is 5.39. The summed E-state index contributed by atoms with van der Waals surface area (Å²) < 4.78 is 7.58. The number of hydrogen-bond donors (Lipinski definition) is 0. The zero-order chi connectivity index (χ0) is 16.9. The van der Waals surface area contributed by atoms with Crippen LogP contribution in [0.1, 0.15) is 12.5 Å². The van der Waals surface area contributed by atoms with Gasteiger partial charge >= 0.3 is 0 Å². The van der Waals surface area contributed by atoms with E-state index < -0.39 is 0 Å². The Hall–Kier alpha value is -0.940. The predicted molar refractivity (Wildman–Crippen MR) is 108 cm³/mol. The van der Waals surface area contributed by atoms with Crippen molar-refractivity contribution in [1.82, 2.24) is 4.90 Å². The third kappa shape index (κ3) is 4.57. The molecule has 0 saturated carbocycles. The van der Waals surface area contributed by atoms with Crippen molar-refractivity contribution < 1.29 is 4.74 Å². The molecule has 3 rings (SSSR count). The molecule has 1 fully saturated rings. The maximum Gasteiger partial charge on any atom is 0.0594 e. The van der Waals surface area contributed by atoms with Gasteiger partial charge in [-0.1, -0.05) is 68.3 Å². The second-order valence-electron chi connectivity index (χ2n) is 6.00. The van der Waals surface area contributed by atoms with Crippen molar-refractivity contribution in [1.29, 1.82) is 0 Å². The summed E-state index contributed by atoms with van der Waals surface area (Å²) in [5.74, 6) is 0. The molecule has 2 nitrogen and oxygen atoms in total. The Kier molecular flexibility index (Phi) is 6.28. The van der Waals surface area contributed by atoms with Crippen LogP contribution < -0.4 is 0 Å². The molecule has 2 aromatic rings. The van der Waals surface area contributed by atoms with Crippen molar-refractivity contribution >= 4 is 37.4 Å². The molecule has 0 aromatic heterocycles. The number of allylic oxidation sites excluding steroid dienone is 1. The van der Waals surface area contributed by atoms with Crippen molar-refractivity contribution in [2.24, 2.45) is 0 Å². The quantitative estimate of drug-likeness (QED) is 0.599. The lowest BCUT2D eigenvalue weighted by Gasteiger charge is -2.25. The first kappa shape index (κ1) is 17.9. The van der Waals surface area contributed by atoms with Crippen molar-refractivity contribution in [3.8, 4) is 11.1 Å². The maximum atomic E-state index is 5.39. The molecule has 0 bridgehead atoms. The van der Waals surface area contributed by atoms with Crippen molar-refractivity contribution in [2.75, 3.05) is 32.8 Å². The summed E-state index contributed by atoms with van der Waals surface area (Å²) >= 11 is 7.14. The van der Waals surface area contributed by atoms with Gasteiger partial charge in [0.05, 0.1) is 13.2 Å². The van der Waals surface area contributed by atoms with Gasteiger partial charge in [-0.25, -0.2) is 0 Å². The largest absolute Gasteiger partial charge is 0.379 e. The molecule has 0 N–H and O–H groups in total. The molecule has 2 aromatic carbocycles. The average molecular weight is 451 g/mol. The van der Waals surface area contributed by atoms with E-state index in [0.717, 1.165) is 41.8 Å². The third-order valence-electron chi connectivity index (χ3n) is 4.34. The van der Waals surface area contributed by atoms with Gasteiger partial charge in [-0.3, -0.25) is 4.90 Å². The van der Waals surface area contributed by atoms with E-state index in [0.29, 0.717) is 0 Å². The van der Waals surface area contributed by atoms with Gasteiger partial charge in [-0.05, 0) is 41.3 Å². The first-order chi connectivity index (χ1) is 11.6. The fraction of sp³-hybridized carbons (Fsp3) is 0.300. The highest BCUT2D eigenvalue weighted by molar-refractivity contribution is 9.11. The Morgan fingerprint density at radius 1 is 1.08 bits per heavy atom. The lowest BCUT2D eigenvalue weighted by molar-refractivity contribution is 0.0435. The van der Waals surface area contributed by atoms with E-state index in [1.807, 2.05) is 0 Å². The molecule has 0 spiro atoms. The normalized spacial score (nSPS) is 16.4. The van der Waals surface area contributed by atoms with Crippen molar-refractivity contribution in [3.63, 3.8) is 0 Å². The van der Waals surface area contributed by atoms with Crippen LogP contribution in [-0.2, 0) is 4.74 Å². The number of nitrogens with zero attached hydrogens (tertiary/aromatic N) is 1. The summed E-state index contributed by atoms with van der Waals surface area (Å²) in [7, 11) is 0. The van der Waals surface area contributed by atoms with Crippen LogP contribution in [0, 0.1) is 0 Å². The zero-order valence-electron chi connectivity index (χ0n) is 13.8. The molecule has 1 saturated heterocycles. The Bertz CT molecular complexity index is 719. The number of morpholine rings is 1. The summed E-state index contributed by atoms with van der Waals surface area (Å²) in [5.41, 5.74) is 5.03. The topological polar surface area (TPSA) is 12.5 Å². The molecule has 0 unspecified atom stereocenters. The van der Waals surface area contributed by atoms with Crippen LogP contribution in [-0.4, -0.2) is 37.7 Å². The minimum absolute atomic E-state index is 0.851. The fourth-order valence-electron chi connectivity index (χ4n) is 2.80. The van der Waals surface area contributed by atoms with E-state index in [9.17, 15) is 0 Å². The highest BCUT2D eigenvalue weighted by Gasteiger charge is 2.09. The van der Waals surface area contributed by atoms with E-state index in [1.54, 1.807) is 0 Å². The third-order valence-corrected chi connectivity index (χ3v) is 5.49. The Morgan fingerprint density at radius 3 is 2.46 bits per heavy atom. The van der Waals surface area contributed by atoms with Crippen molar-refractivity contribution in [3.05, 3.63) is 63.0 Å². The number of benzene rings is 2. The Labute approximate surface area is 160 Å². The number of hydrogen-bond acceptors (Lipinski definition) is 2. The van der Waals surface area contributed by atoms with Crippen LogP contribution in [0.25, 0.3) is 16.7 Å². The molecule has 24 heavy (non-hydrogen) atoms. The summed E-state index contributed by atoms with van der Waals surface area (Å²) in [6, 6.07) is 15.1.